The number of sulfonamides is 2. The minimum atomic E-state index is -4.23. The van der Waals surface area contributed by atoms with Gasteiger partial charge in [0.2, 0.25) is 15.2 Å². The topological polar surface area (TPSA) is 157 Å². The van der Waals surface area contributed by atoms with Gasteiger partial charge in [-0.05, 0) is 37.3 Å². The van der Waals surface area contributed by atoms with E-state index in [1.807, 2.05) is 6.92 Å². The smallest absolute Gasteiger partial charge is 0.291 e. The summed E-state index contributed by atoms with van der Waals surface area (Å²) < 4.78 is 65.7. The van der Waals surface area contributed by atoms with Gasteiger partial charge in [0.1, 0.15) is 10.6 Å². The number of morpholine rings is 1. The van der Waals surface area contributed by atoms with Crippen molar-refractivity contribution in [3.63, 3.8) is 0 Å². The van der Waals surface area contributed by atoms with Crippen LogP contribution in [0.5, 0.6) is 5.75 Å². The molecular weight excluding hydrogens is 530 g/mol. The molecule has 0 bridgehead atoms. The van der Waals surface area contributed by atoms with E-state index in [0.717, 1.165) is 5.56 Å². The van der Waals surface area contributed by atoms with Gasteiger partial charge in [-0.1, -0.05) is 29.0 Å². The highest BCUT2D eigenvalue weighted by atomic mass is 32.2. The number of benzene rings is 2. The summed E-state index contributed by atoms with van der Waals surface area (Å²) in [7, 11) is -6.87. The summed E-state index contributed by atoms with van der Waals surface area (Å²) in [4.78, 5) is 12.2. The summed E-state index contributed by atoms with van der Waals surface area (Å²) >= 11 is 0.656. The van der Waals surface area contributed by atoms with E-state index in [0.29, 0.717) is 16.9 Å². The third-order valence-electron chi connectivity index (χ3n) is 5.17. The fourth-order valence-corrected chi connectivity index (χ4v) is 6.85. The number of carbonyl (C=O) groups is 1. The molecule has 1 amide bonds. The number of carbonyl (C=O) groups excluding carboxylic acids is 1. The molecule has 0 aliphatic carbocycles. The molecule has 0 radical (unpaired) electrons. The first kappa shape index (κ1) is 26.0. The number of hydrogen-bond donors (Lipinski definition) is 2. The zero-order valence-electron chi connectivity index (χ0n) is 19.3. The van der Waals surface area contributed by atoms with Crippen molar-refractivity contribution in [3.05, 3.63) is 53.6 Å². The lowest BCUT2D eigenvalue weighted by Gasteiger charge is -2.26. The molecule has 2 N–H and O–H groups in total. The number of ether oxygens (including phenoxy) is 2. The first-order chi connectivity index (χ1) is 17.1. The van der Waals surface area contributed by atoms with Crippen molar-refractivity contribution < 1.29 is 31.1 Å². The van der Waals surface area contributed by atoms with E-state index in [1.54, 1.807) is 24.3 Å². The standard InChI is InChI=1S/C21H23N5O7S3/c1-14-3-5-15(6-4-14)19(27)22-20-23-24-21(34-20)35(28,29)25-16-7-8-17(32-2)18(13-16)36(30,31)26-9-11-33-12-10-26/h3-8,13,25H,9-12H2,1-2H3,(H,22,23,27). The Hall–Kier alpha value is -3.11. The van der Waals surface area contributed by atoms with Gasteiger partial charge >= 0.3 is 0 Å². The van der Waals surface area contributed by atoms with Gasteiger partial charge in [-0.25, -0.2) is 8.42 Å². The number of aromatic nitrogens is 2. The predicted molar refractivity (Wildman–Crippen MR) is 132 cm³/mol. The molecule has 12 nitrogen and oxygen atoms in total. The summed E-state index contributed by atoms with van der Waals surface area (Å²) in [6.07, 6.45) is 0. The van der Waals surface area contributed by atoms with Crippen LogP contribution in [0.1, 0.15) is 15.9 Å². The normalized spacial score (nSPS) is 14.8. The van der Waals surface area contributed by atoms with Gasteiger partial charge in [0.05, 0.1) is 26.0 Å². The molecule has 192 valence electrons. The monoisotopic (exact) mass is 553 g/mol. The largest absolute Gasteiger partial charge is 0.495 e. The number of nitrogens with one attached hydrogen (secondary N) is 2. The van der Waals surface area contributed by atoms with Gasteiger partial charge in [-0.3, -0.25) is 14.8 Å². The third kappa shape index (κ3) is 5.65. The summed E-state index contributed by atoms with van der Waals surface area (Å²) in [5.74, 6) is -0.391. The van der Waals surface area contributed by atoms with Crippen molar-refractivity contribution in [1.82, 2.24) is 14.5 Å². The number of nitrogens with zero attached hydrogens (tertiary/aromatic N) is 3. The summed E-state index contributed by atoms with van der Waals surface area (Å²) in [6, 6.07) is 10.7. The van der Waals surface area contributed by atoms with Crippen LogP contribution < -0.4 is 14.8 Å². The Labute approximate surface area is 212 Å². The Bertz CT molecular complexity index is 1470. The van der Waals surface area contributed by atoms with Crippen LogP contribution in [0.2, 0.25) is 0 Å². The number of methoxy groups -OCH3 is 1. The molecule has 3 aromatic rings. The van der Waals surface area contributed by atoms with E-state index in [4.69, 9.17) is 9.47 Å². The number of rotatable bonds is 8. The van der Waals surface area contributed by atoms with Crippen molar-refractivity contribution in [2.75, 3.05) is 43.5 Å². The quantitative estimate of drug-likeness (QED) is 0.398. The fourth-order valence-electron chi connectivity index (χ4n) is 3.31. The van der Waals surface area contributed by atoms with E-state index < -0.39 is 30.3 Å². The highest BCUT2D eigenvalue weighted by Crippen LogP contribution is 2.31. The third-order valence-corrected chi connectivity index (χ3v) is 9.68. The lowest BCUT2D eigenvalue weighted by atomic mass is 10.1. The zero-order valence-corrected chi connectivity index (χ0v) is 21.7. The van der Waals surface area contributed by atoms with E-state index >= 15 is 0 Å². The number of amides is 1. The van der Waals surface area contributed by atoms with Crippen LogP contribution in [0.3, 0.4) is 0 Å². The molecule has 15 heteroatoms. The number of hydrogen-bond acceptors (Lipinski definition) is 10. The Balaban J connectivity index is 1.54. The lowest BCUT2D eigenvalue weighted by molar-refractivity contribution is 0.0729. The molecule has 0 saturated carbocycles. The second kappa shape index (κ2) is 10.5. The molecule has 0 spiro atoms. The van der Waals surface area contributed by atoms with Crippen LogP contribution in [0, 0.1) is 6.92 Å². The van der Waals surface area contributed by atoms with Gasteiger partial charge in [-0.15, -0.1) is 10.2 Å². The highest BCUT2D eigenvalue weighted by molar-refractivity contribution is 7.94. The first-order valence-corrected chi connectivity index (χ1v) is 14.3. The summed E-state index contributed by atoms with van der Waals surface area (Å²) in [5.41, 5.74) is 1.36. The summed E-state index contributed by atoms with van der Waals surface area (Å²) in [6.45, 7) is 2.74. The minimum Gasteiger partial charge on any atom is -0.495 e. The predicted octanol–water partition coefficient (Wildman–Crippen LogP) is 1.93. The Morgan fingerprint density at radius 2 is 1.75 bits per heavy atom. The maximum atomic E-state index is 13.1. The fraction of sp³-hybridized carbons (Fsp3) is 0.286. The van der Waals surface area contributed by atoms with Crippen LogP contribution >= 0.6 is 11.3 Å². The molecule has 1 fully saturated rings. The Morgan fingerprint density at radius 1 is 1.06 bits per heavy atom. The average molecular weight is 554 g/mol. The van der Waals surface area contributed by atoms with Crippen molar-refractivity contribution in [2.45, 2.75) is 16.2 Å². The maximum Gasteiger partial charge on any atom is 0.291 e. The van der Waals surface area contributed by atoms with Gasteiger partial charge < -0.3 is 9.47 Å². The minimum absolute atomic E-state index is 0.00809. The Kier molecular flexibility index (Phi) is 7.56. The van der Waals surface area contributed by atoms with Gasteiger partial charge in [-0.2, -0.15) is 12.7 Å². The molecule has 36 heavy (non-hydrogen) atoms. The second-order valence-corrected chi connectivity index (χ2v) is 12.4. The van der Waals surface area contributed by atoms with Gasteiger partial charge in [0.25, 0.3) is 20.3 Å². The van der Waals surface area contributed by atoms with Crippen molar-refractivity contribution in [1.29, 1.82) is 0 Å². The van der Waals surface area contributed by atoms with E-state index in [2.05, 4.69) is 20.2 Å². The molecule has 4 rings (SSSR count). The van der Waals surface area contributed by atoms with Crippen LogP contribution in [0.15, 0.2) is 51.7 Å². The maximum absolute atomic E-state index is 13.1. The van der Waals surface area contributed by atoms with Crippen LogP contribution in [-0.4, -0.2) is 70.7 Å². The molecule has 1 saturated heterocycles. The highest BCUT2D eigenvalue weighted by Gasteiger charge is 2.30. The average Bonchev–Trinajstić information content (AvgIpc) is 3.34. The molecular formula is C21H23N5O7S3. The molecule has 0 unspecified atom stereocenters. The van der Waals surface area contributed by atoms with Crippen LogP contribution in [-0.2, 0) is 24.8 Å². The molecule has 0 atom stereocenters. The van der Waals surface area contributed by atoms with E-state index in [-0.39, 0.29) is 47.8 Å². The lowest BCUT2D eigenvalue weighted by Crippen LogP contribution is -2.40. The molecule has 2 aromatic carbocycles. The molecule has 1 aromatic heterocycles. The van der Waals surface area contributed by atoms with Crippen molar-refractivity contribution >= 4 is 48.1 Å². The van der Waals surface area contributed by atoms with Gasteiger partial charge in [0, 0.05) is 18.7 Å². The Morgan fingerprint density at radius 3 is 2.42 bits per heavy atom. The zero-order chi connectivity index (χ0) is 25.9. The van der Waals surface area contributed by atoms with Crippen LogP contribution in [0.25, 0.3) is 0 Å². The second-order valence-electron chi connectivity index (χ2n) is 7.68. The van der Waals surface area contributed by atoms with Crippen molar-refractivity contribution in [2.24, 2.45) is 0 Å². The van der Waals surface area contributed by atoms with Crippen molar-refractivity contribution in [3.8, 4) is 5.75 Å². The number of aryl methyl sites for hydroxylation is 1. The first-order valence-electron chi connectivity index (χ1n) is 10.6. The number of anilines is 2. The summed E-state index contributed by atoms with van der Waals surface area (Å²) in [5, 5.41) is 9.91. The molecule has 1 aliphatic rings. The van der Waals surface area contributed by atoms with Crippen LogP contribution in [0.4, 0.5) is 10.8 Å². The SMILES string of the molecule is COc1ccc(NS(=O)(=O)c2nnc(NC(=O)c3ccc(C)cc3)s2)cc1S(=O)(=O)N1CCOCC1. The van der Waals surface area contributed by atoms with E-state index in [9.17, 15) is 21.6 Å². The molecule has 1 aliphatic heterocycles. The van der Waals surface area contributed by atoms with Gasteiger partial charge in [0.15, 0.2) is 0 Å². The molecule has 2 heterocycles. The van der Waals surface area contributed by atoms with E-state index in [1.165, 1.54) is 29.6 Å².